The number of thiophene rings is 1. The summed E-state index contributed by atoms with van der Waals surface area (Å²) < 4.78 is 27.6. The van der Waals surface area contributed by atoms with Crippen LogP contribution in [0.15, 0.2) is 52.1 Å². The molecule has 152 valence electrons. The molecule has 4 rings (SSSR count). The highest BCUT2D eigenvalue weighted by Crippen LogP contribution is 2.31. The van der Waals surface area contributed by atoms with Crippen molar-refractivity contribution in [2.75, 3.05) is 18.4 Å². The van der Waals surface area contributed by atoms with Crippen LogP contribution in [0.25, 0.3) is 11.3 Å². The molecule has 1 aliphatic rings. The number of carbonyl (C=O) groups is 1. The maximum Gasteiger partial charge on any atom is 0.252 e. The lowest BCUT2D eigenvalue weighted by Crippen LogP contribution is -2.43. The molecule has 1 aromatic carbocycles. The van der Waals surface area contributed by atoms with E-state index in [1.54, 1.807) is 6.07 Å². The second kappa shape index (κ2) is 8.53. The molecule has 1 amide bonds. The number of amides is 1. The van der Waals surface area contributed by atoms with Crippen molar-refractivity contribution in [3.8, 4) is 11.3 Å². The number of anilines is 1. The van der Waals surface area contributed by atoms with Gasteiger partial charge in [0.1, 0.15) is 4.21 Å². The Kier molecular flexibility index (Phi) is 6.03. The average molecular weight is 468 g/mol. The Labute approximate surface area is 182 Å². The molecule has 2 aromatic heterocycles. The Morgan fingerprint density at radius 3 is 2.72 bits per heavy atom. The van der Waals surface area contributed by atoms with Gasteiger partial charge in [-0.2, -0.15) is 4.31 Å². The van der Waals surface area contributed by atoms with E-state index in [1.807, 2.05) is 35.7 Å². The summed E-state index contributed by atoms with van der Waals surface area (Å²) in [4.78, 5) is 17.2. The molecule has 6 nitrogen and oxygen atoms in total. The number of nitrogens with one attached hydrogen (secondary N) is 1. The molecule has 0 saturated carbocycles. The quantitative estimate of drug-likeness (QED) is 0.596. The average Bonchev–Trinajstić information content (AvgIpc) is 3.38. The smallest absolute Gasteiger partial charge is 0.252 e. The zero-order chi connectivity index (χ0) is 20.4. The molecule has 1 saturated heterocycles. The zero-order valence-corrected chi connectivity index (χ0v) is 18.5. The predicted octanol–water partition coefficient (Wildman–Crippen LogP) is 4.56. The molecule has 1 N–H and O–H groups in total. The lowest BCUT2D eigenvalue weighted by Gasteiger charge is -2.30. The van der Waals surface area contributed by atoms with Crippen LogP contribution in [-0.2, 0) is 14.8 Å². The summed E-state index contributed by atoms with van der Waals surface area (Å²) >= 11 is 8.27. The topological polar surface area (TPSA) is 79.4 Å². The van der Waals surface area contributed by atoms with Gasteiger partial charge in [0.05, 0.1) is 15.9 Å². The molecule has 0 aliphatic carbocycles. The van der Waals surface area contributed by atoms with Gasteiger partial charge in [0.15, 0.2) is 5.13 Å². The van der Waals surface area contributed by atoms with Crippen LogP contribution in [0.1, 0.15) is 12.8 Å². The Balaban J connectivity index is 1.44. The molecular weight excluding hydrogens is 450 g/mol. The number of sulfonamides is 1. The third-order valence-electron chi connectivity index (χ3n) is 4.70. The second-order valence-corrected chi connectivity index (χ2v) is 11.4. The van der Waals surface area contributed by atoms with E-state index >= 15 is 0 Å². The van der Waals surface area contributed by atoms with Gasteiger partial charge in [-0.3, -0.25) is 4.79 Å². The first-order valence-electron chi connectivity index (χ1n) is 9.01. The Morgan fingerprint density at radius 2 is 2.00 bits per heavy atom. The minimum absolute atomic E-state index is 0.153. The SMILES string of the molecule is O=C(Nc1nc(-c2ccccc2)cs1)C1CCCN(S(=O)(=O)c2ccc(Cl)s2)C1. The summed E-state index contributed by atoms with van der Waals surface area (Å²) in [5.74, 6) is -0.624. The maximum absolute atomic E-state index is 12.8. The number of thiazole rings is 1. The van der Waals surface area contributed by atoms with Crippen LogP contribution in [0.5, 0.6) is 0 Å². The molecule has 3 aromatic rings. The largest absolute Gasteiger partial charge is 0.302 e. The number of hydrogen-bond acceptors (Lipinski definition) is 6. The third kappa shape index (κ3) is 4.54. The van der Waals surface area contributed by atoms with Crippen LogP contribution in [0.4, 0.5) is 5.13 Å². The van der Waals surface area contributed by atoms with Crippen LogP contribution < -0.4 is 5.32 Å². The van der Waals surface area contributed by atoms with Crippen LogP contribution in [0.3, 0.4) is 0 Å². The van der Waals surface area contributed by atoms with Gasteiger partial charge in [-0.05, 0) is 25.0 Å². The summed E-state index contributed by atoms with van der Waals surface area (Å²) in [6.45, 7) is 0.553. The first kappa shape index (κ1) is 20.5. The third-order valence-corrected chi connectivity index (χ3v) is 9.02. The van der Waals surface area contributed by atoms with Crippen molar-refractivity contribution in [2.45, 2.75) is 17.1 Å². The van der Waals surface area contributed by atoms with E-state index in [0.717, 1.165) is 22.6 Å². The number of rotatable bonds is 5. The highest BCUT2D eigenvalue weighted by atomic mass is 35.5. The normalized spacial score (nSPS) is 17.9. The van der Waals surface area contributed by atoms with Crippen molar-refractivity contribution in [2.24, 2.45) is 5.92 Å². The van der Waals surface area contributed by atoms with Crippen LogP contribution in [-0.4, -0.2) is 36.7 Å². The first-order valence-corrected chi connectivity index (χ1v) is 12.5. The van der Waals surface area contributed by atoms with Crippen molar-refractivity contribution in [1.29, 1.82) is 0 Å². The van der Waals surface area contributed by atoms with Gasteiger partial charge >= 0.3 is 0 Å². The fraction of sp³-hybridized carbons (Fsp3) is 0.263. The van der Waals surface area contributed by atoms with E-state index in [0.29, 0.717) is 28.9 Å². The molecule has 0 radical (unpaired) electrons. The molecule has 29 heavy (non-hydrogen) atoms. The monoisotopic (exact) mass is 467 g/mol. The number of hydrogen-bond donors (Lipinski definition) is 1. The van der Waals surface area contributed by atoms with Crippen molar-refractivity contribution >= 4 is 55.3 Å². The van der Waals surface area contributed by atoms with Gasteiger partial charge in [-0.25, -0.2) is 13.4 Å². The summed E-state index contributed by atoms with van der Waals surface area (Å²) in [6.07, 6.45) is 1.27. The van der Waals surface area contributed by atoms with E-state index < -0.39 is 15.9 Å². The lowest BCUT2D eigenvalue weighted by atomic mass is 9.99. The van der Waals surface area contributed by atoms with Crippen LogP contribution >= 0.6 is 34.3 Å². The van der Waals surface area contributed by atoms with Crippen molar-refractivity contribution in [3.63, 3.8) is 0 Å². The first-order chi connectivity index (χ1) is 13.9. The molecule has 1 fully saturated rings. The minimum Gasteiger partial charge on any atom is -0.302 e. The van der Waals surface area contributed by atoms with E-state index in [2.05, 4.69) is 10.3 Å². The number of nitrogens with zero attached hydrogens (tertiary/aromatic N) is 2. The zero-order valence-electron chi connectivity index (χ0n) is 15.2. The number of carbonyl (C=O) groups excluding carboxylic acids is 1. The van der Waals surface area contributed by atoms with Gasteiger partial charge in [-0.1, -0.05) is 41.9 Å². The molecule has 0 bridgehead atoms. The number of aromatic nitrogens is 1. The predicted molar refractivity (Wildman–Crippen MR) is 117 cm³/mol. The van der Waals surface area contributed by atoms with Gasteiger partial charge in [0.2, 0.25) is 5.91 Å². The Bertz CT molecular complexity index is 1110. The molecule has 1 aliphatic heterocycles. The summed E-state index contributed by atoms with van der Waals surface area (Å²) in [5, 5.41) is 5.25. The molecule has 1 atom stereocenters. The van der Waals surface area contributed by atoms with Crippen LogP contribution in [0.2, 0.25) is 4.34 Å². The molecule has 1 unspecified atom stereocenters. The number of piperidine rings is 1. The summed E-state index contributed by atoms with van der Waals surface area (Å²) in [7, 11) is -3.64. The fourth-order valence-corrected chi connectivity index (χ4v) is 7.10. The minimum atomic E-state index is -3.64. The summed E-state index contributed by atoms with van der Waals surface area (Å²) in [6, 6.07) is 12.8. The van der Waals surface area contributed by atoms with E-state index in [4.69, 9.17) is 11.6 Å². The maximum atomic E-state index is 12.8. The molecule has 3 heterocycles. The van der Waals surface area contributed by atoms with Gasteiger partial charge in [0, 0.05) is 24.0 Å². The highest BCUT2D eigenvalue weighted by molar-refractivity contribution is 7.91. The Hall–Kier alpha value is -1.78. The molecule has 10 heteroatoms. The van der Waals surface area contributed by atoms with E-state index in [1.165, 1.54) is 21.7 Å². The highest BCUT2D eigenvalue weighted by Gasteiger charge is 2.34. The van der Waals surface area contributed by atoms with Gasteiger partial charge < -0.3 is 5.32 Å². The van der Waals surface area contributed by atoms with Crippen molar-refractivity contribution in [1.82, 2.24) is 9.29 Å². The van der Waals surface area contributed by atoms with E-state index in [9.17, 15) is 13.2 Å². The molecular formula is C19H18ClN3O3S3. The van der Waals surface area contributed by atoms with Crippen LogP contribution in [0, 0.1) is 5.92 Å². The number of benzene rings is 1. The standard InChI is InChI=1S/C19H18ClN3O3S3/c20-16-8-9-17(28-16)29(25,26)23-10-4-7-14(11-23)18(24)22-19-21-15(12-27-19)13-5-2-1-3-6-13/h1-3,5-6,8-9,12,14H,4,7,10-11H2,(H,21,22,24). The van der Waals surface area contributed by atoms with Gasteiger partial charge in [-0.15, -0.1) is 22.7 Å². The van der Waals surface area contributed by atoms with Crippen molar-refractivity contribution < 1.29 is 13.2 Å². The lowest BCUT2D eigenvalue weighted by molar-refractivity contribution is -0.120. The summed E-state index contributed by atoms with van der Waals surface area (Å²) in [5.41, 5.74) is 1.78. The van der Waals surface area contributed by atoms with Gasteiger partial charge in [0.25, 0.3) is 10.0 Å². The second-order valence-electron chi connectivity index (χ2n) is 6.65. The number of halogens is 1. The Morgan fingerprint density at radius 1 is 1.21 bits per heavy atom. The fourth-order valence-electron chi connectivity index (χ4n) is 3.22. The molecule has 0 spiro atoms. The van der Waals surface area contributed by atoms with E-state index in [-0.39, 0.29) is 16.7 Å². The van der Waals surface area contributed by atoms with Crippen molar-refractivity contribution in [3.05, 3.63) is 52.2 Å².